The number of hydrogen-bond acceptors (Lipinski definition) is 4. The van der Waals surface area contributed by atoms with Crippen LogP contribution in [0.15, 0.2) is 17.4 Å². The van der Waals surface area contributed by atoms with Crippen molar-refractivity contribution < 1.29 is 13.2 Å². The van der Waals surface area contributed by atoms with E-state index in [-0.39, 0.29) is 12.1 Å². The molecule has 0 aromatic carbocycles. The third-order valence-corrected chi connectivity index (χ3v) is 3.36. The largest absolute Gasteiger partial charge is 0.408 e. The molecule has 1 fully saturated rings. The Morgan fingerprint density at radius 2 is 2.25 bits per heavy atom. The molecule has 0 radical (unpaired) electrons. The highest BCUT2D eigenvalue weighted by molar-refractivity contribution is 5.56. The second kappa shape index (κ2) is 6.94. The van der Waals surface area contributed by atoms with Gasteiger partial charge in [-0.2, -0.15) is 13.2 Å². The molecule has 116 valence electrons. The number of rotatable bonds is 5. The number of aliphatic imine (C=N–C) groups is 1. The third kappa shape index (κ3) is 5.01. The van der Waals surface area contributed by atoms with Crippen molar-refractivity contribution in [2.45, 2.75) is 37.6 Å². The minimum Gasteiger partial charge on any atom is -0.366 e. The van der Waals surface area contributed by atoms with Crippen LogP contribution < -0.4 is 16.4 Å². The number of hydrogen-bond donors (Lipinski definition) is 3. The summed E-state index contributed by atoms with van der Waals surface area (Å²) in [5, 5.41) is 6.19. The van der Waals surface area contributed by atoms with Gasteiger partial charge in [0.25, 0.3) is 0 Å². The second-order valence-electron chi connectivity index (χ2n) is 4.98. The quantitative estimate of drug-likeness (QED) is 0.514. The maximum absolute atomic E-state index is 12.5. The first-order valence-electron chi connectivity index (χ1n) is 6.46. The maximum atomic E-state index is 12.5. The van der Waals surface area contributed by atoms with Crippen molar-refractivity contribution >= 4 is 6.34 Å². The van der Waals surface area contributed by atoms with Gasteiger partial charge >= 0.3 is 6.18 Å². The van der Waals surface area contributed by atoms with E-state index in [1.54, 1.807) is 0 Å². The number of nitrogens with zero attached hydrogens (tertiary/aromatic N) is 2. The Labute approximate surface area is 117 Å². The summed E-state index contributed by atoms with van der Waals surface area (Å²) in [5.41, 5.74) is 5.91. The zero-order valence-electron chi connectivity index (χ0n) is 11.7. The smallest absolute Gasteiger partial charge is 0.366 e. The molecule has 1 aliphatic rings. The molecule has 1 rings (SSSR count). The Bertz CT molecular complexity index is 355. The van der Waals surface area contributed by atoms with Crippen LogP contribution in [-0.2, 0) is 0 Å². The first-order valence-corrected chi connectivity index (χ1v) is 6.46. The van der Waals surface area contributed by atoms with Crippen molar-refractivity contribution in [3.8, 4) is 0 Å². The molecule has 1 heterocycles. The molecular formula is C12H22F3N5. The number of alkyl halides is 3. The van der Waals surface area contributed by atoms with Crippen LogP contribution in [0.25, 0.3) is 0 Å². The number of piperidine rings is 1. The van der Waals surface area contributed by atoms with Crippen LogP contribution in [-0.4, -0.2) is 55.7 Å². The minimum atomic E-state index is -4.28. The third-order valence-electron chi connectivity index (χ3n) is 3.36. The Kier molecular flexibility index (Phi) is 5.82. The molecule has 0 aliphatic carbocycles. The van der Waals surface area contributed by atoms with E-state index in [2.05, 4.69) is 22.2 Å². The number of halogens is 3. The van der Waals surface area contributed by atoms with Crippen molar-refractivity contribution in [2.75, 3.05) is 20.1 Å². The molecule has 0 bridgehead atoms. The summed E-state index contributed by atoms with van der Waals surface area (Å²) < 4.78 is 37.4. The van der Waals surface area contributed by atoms with Crippen molar-refractivity contribution in [2.24, 2.45) is 10.7 Å². The fraction of sp³-hybridized carbons (Fsp3) is 0.750. The monoisotopic (exact) mass is 293 g/mol. The van der Waals surface area contributed by atoms with Crippen LogP contribution in [0.4, 0.5) is 13.2 Å². The normalized spacial score (nSPS) is 25.5. The fourth-order valence-electron chi connectivity index (χ4n) is 1.80. The predicted molar refractivity (Wildman–Crippen MR) is 73.3 cm³/mol. The molecule has 0 aromatic heterocycles. The van der Waals surface area contributed by atoms with Gasteiger partial charge in [0.05, 0.1) is 6.34 Å². The van der Waals surface area contributed by atoms with E-state index < -0.39 is 12.2 Å². The summed E-state index contributed by atoms with van der Waals surface area (Å²) >= 11 is 0. The van der Waals surface area contributed by atoms with Crippen LogP contribution in [0, 0.1) is 0 Å². The summed E-state index contributed by atoms with van der Waals surface area (Å²) in [6.07, 6.45) is -2.34. The summed E-state index contributed by atoms with van der Waals surface area (Å²) in [6, 6.07) is -1.63. The lowest BCUT2D eigenvalue weighted by Gasteiger charge is -2.30. The topological polar surface area (TPSA) is 65.7 Å². The van der Waals surface area contributed by atoms with Gasteiger partial charge in [0, 0.05) is 25.7 Å². The average molecular weight is 293 g/mol. The Balaban J connectivity index is 2.47. The van der Waals surface area contributed by atoms with Gasteiger partial charge in [-0.05, 0) is 19.9 Å². The van der Waals surface area contributed by atoms with E-state index in [0.717, 1.165) is 31.1 Å². The lowest BCUT2D eigenvalue weighted by molar-refractivity contribution is -0.165. The lowest BCUT2D eigenvalue weighted by Crippen LogP contribution is -2.54. The number of nitrogens with one attached hydrogen (secondary N) is 2. The van der Waals surface area contributed by atoms with Crippen LogP contribution in [0.3, 0.4) is 0 Å². The summed E-state index contributed by atoms with van der Waals surface area (Å²) in [6.45, 7) is 6.29. The highest BCUT2D eigenvalue weighted by Gasteiger charge is 2.38. The minimum absolute atomic E-state index is 0.0336. The van der Waals surface area contributed by atoms with Crippen LogP contribution in [0.5, 0.6) is 0 Å². The molecule has 3 atom stereocenters. The van der Waals surface area contributed by atoms with Gasteiger partial charge in [-0.25, -0.2) is 4.99 Å². The zero-order chi connectivity index (χ0) is 15.3. The molecule has 0 saturated carbocycles. The zero-order valence-corrected chi connectivity index (χ0v) is 11.7. The van der Waals surface area contributed by atoms with Gasteiger partial charge in [-0.15, -0.1) is 0 Å². The van der Waals surface area contributed by atoms with Crippen molar-refractivity contribution in [3.05, 3.63) is 12.4 Å². The van der Waals surface area contributed by atoms with E-state index in [1.807, 2.05) is 0 Å². The van der Waals surface area contributed by atoms with Crippen molar-refractivity contribution in [1.82, 2.24) is 15.5 Å². The lowest BCUT2D eigenvalue weighted by atomic mass is 10.0. The SMILES string of the molecule is C=C(N=CN(C)C(C)C(F)(F)F)N[C@H]1CCNC[C@@H]1N. The van der Waals surface area contributed by atoms with E-state index >= 15 is 0 Å². The first-order chi connectivity index (χ1) is 9.21. The highest BCUT2D eigenvalue weighted by Crippen LogP contribution is 2.22. The molecule has 20 heavy (non-hydrogen) atoms. The Hall–Kier alpha value is -1.28. The Morgan fingerprint density at radius 1 is 1.60 bits per heavy atom. The Morgan fingerprint density at radius 3 is 2.80 bits per heavy atom. The van der Waals surface area contributed by atoms with E-state index in [4.69, 9.17) is 5.73 Å². The summed E-state index contributed by atoms with van der Waals surface area (Å²) in [4.78, 5) is 4.90. The van der Waals surface area contributed by atoms with Crippen LogP contribution in [0.1, 0.15) is 13.3 Å². The van der Waals surface area contributed by atoms with E-state index in [1.165, 1.54) is 7.05 Å². The molecule has 0 amide bonds. The molecule has 1 saturated heterocycles. The first kappa shape index (κ1) is 16.8. The fourth-order valence-corrected chi connectivity index (χ4v) is 1.80. The standard InChI is InChI=1S/C12H22F3N5/c1-8(12(13,14)15)20(3)7-18-9(2)19-11-4-5-17-6-10(11)16/h7-8,10-11,17,19H,2,4-6,16H2,1,3H3/t8?,10-,11-/m0/s1. The molecule has 0 aromatic rings. The molecule has 0 spiro atoms. The molecule has 1 aliphatic heterocycles. The van der Waals surface area contributed by atoms with Gasteiger partial charge in [0.1, 0.15) is 11.9 Å². The van der Waals surface area contributed by atoms with E-state index in [9.17, 15) is 13.2 Å². The van der Waals surface area contributed by atoms with Crippen LogP contribution in [0.2, 0.25) is 0 Å². The molecule has 4 N–H and O–H groups in total. The van der Waals surface area contributed by atoms with Crippen molar-refractivity contribution in [1.29, 1.82) is 0 Å². The second-order valence-corrected chi connectivity index (χ2v) is 4.98. The molecular weight excluding hydrogens is 271 g/mol. The van der Waals surface area contributed by atoms with Gasteiger partial charge < -0.3 is 21.3 Å². The number of nitrogens with two attached hydrogens (primary N) is 1. The summed E-state index contributed by atoms with van der Waals surface area (Å²) in [5.74, 6) is 0.313. The van der Waals surface area contributed by atoms with Gasteiger partial charge in [0.15, 0.2) is 0 Å². The molecule has 5 nitrogen and oxygen atoms in total. The van der Waals surface area contributed by atoms with Gasteiger partial charge in [-0.1, -0.05) is 6.58 Å². The van der Waals surface area contributed by atoms with Crippen molar-refractivity contribution in [3.63, 3.8) is 0 Å². The van der Waals surface area contributed by atoms with Crippen LogP contribution >= 0.6 is 0 Å². The van der Waals surface area contributed by atoms with Gasteiger partial charge in [-0.3, -0.25) is 0 Å². The van der Waals surface area contributed by atoms with Gasteiger partial charge in [0.2, 0.25) is 0 Å². The predicted octanol–water partition coefficient (Wildman–Crippen LogP) is 0.647. The maximum Gasteiger partial charge on any atom is 0.408 e. The average Bonchev–Trinajstić information content (AvgIpc) is 2.36. The molecule has 8 heteroatoms. The molecule has 1 unspecified atom stereocenters. The van der Waals surface area contributed by atoms with E-state index in [0.29, 0.717) is 12.4 Å². The summed E-state index contributed by atoms with van der Waals surface area (Å²) in [7, 11) is 1.32. The highest BCUT2D eigenvalue weighted by atomic mass is 19.4.